The summed E-state index contributed by atoms with van der Waals surface area (Å²) in [6.07, 6.45) is 1.38. The van der Waals surface area contributed by atoms with Crippen molar-refractivity contribution in [2.75, 3.05) is 0 Å². The van der Waals surface area contributed by atoms with Crippen molar-refractivity contribution in [3.63, 3.8) is 0 Å². The van der Waals surface area contributed by atoms with E-state index in [0.717, 1.165) is 23.1 Å². The fourth-order valence-electron chi connectivity index (χ4n) is 3.48. The highest BCUT2D eigenvalue weighted by atomic mass is 16.5. The Hall–Kier alpha value is -1.77. The first-order valence-corrected chi connectivity index (χ1v) is 7.09. The Labute approximate surface area is 119 Å². The van der Waals surface area contributed by atoms with Gasteiger partial charge < -0.3 is 9.84 Å². The molecule has 1 unspecified atom stereocenters. The van der Waals surface area contributed by atoms with Crippen molar-refractivity contribution in [2.45, 2.75) is 46.1 Å². The second kappa shape index (κ2) is 4.11. The highest BCUT2D eigenvalue weighted by Crippen LogP contribution is 2.50. The van der Waals surface area contributed by atoms with Crippen LogP contribution in [0.5, 0.6) is 11.5 Å². The Morgan fingerprint density at radius 2 is 2.00 bits per heavy atom. The Balaban J connectivity index is 2.31. The molecule has 0 saturated heterocycles. The fourth-order valence-corrected chi connectivity index (χ4v) is 3.48. The maximum Gasteiger partial charge on any atom is 0.163 e. The van der Waals surface area contributed by atoms with Gasteiger partial charge in [-0.1, -0.05) is 6.92 Å². The summed E-state index contributed by atoms with van der Waals surface area (Å²) < 4.78 is 6.02. The molecule has 0 aromatic heterocycles. The van der Waals surface area contributed by atoms with Crippen LogP contribution in [0.3, 0.4) is 0 Å². The quantitative estimate of drug-likeness (QED) is 0.784. The van der Waals surface area contributed by atoms with E-state index in [1.807, 2.05) is 26.8 Å². The van der Waals surface area contributed by atoms with Crippen molar-refractivity contribution in [3.05, 3.63) is 28.8 Å². The van der Waals surface area contributed by atoms with E-state index in [1.54, 1.807) is 6.07 Å². The molecule has 3 nitrogen and oxygen atoms in total. The van der Waals surface area contributed by atoms with E-state index in [1.165, 1.54) is 0 Å². The lowest BCUT2D eigenvalue weighted by atomic mass is 9.73. The summed E-state index contributed by atoms with van der Waals surface area (Å²) in [5.74, 6) is 1.36. The van der Waals surface area contributed by atoms with E-state index in [-0.39, 0.29) is 11.5 Å². The molecule has 3 rings (SSSR count). The number of benzene rings is 1. The van der Waals surface area contributed by atoms with Gasteiger partial charge in [-0.2, -0.15) is 0 Å². The van der Waals surface area contributed by atoms with Gasteiger partial charge in [-0.3, -0.25) is 4.79 Å². The van der Waals surface area contributed by atoms with Crippen molar-refractivity contribution in [1.29, 1.82) is 0 Å². The third-order valence-corrected chi connectivity index (χ3v) is 4.16. The number of phenolic OH excluding ortho intramolecular Hbond substituents is 1. The minimum atomic E-state index is -0.625. The molecule has 1 aromatic carbocycles. The number of hydrogen-bond acceptors (Lipinski definition) is 3. The Morgan fingerprint density at radius 3 is 2.70 bits per heavy atom. The smallest absolute Gasteiger partial charge is 0.163 e. The monoisotopic (exact) mass is 272 g/mol. The maximum atomic E-state index is 12.4. The zero-order valence-electron chi connectivity index (χ0n) is 12.4. The van der Waals surface area contributed by atoms with Crippen molar-refractivity contribution in [1.82, 2.24) is 0 Å². The summed E-state index contributed by atoms with van der Waals surface area (Å²) in [6, 6.07) is 3.67. The van der Waals surface area contributed by atoms with E-state index in [9.17, 15) is 9.90 Å². The van der Waals surface area contributed by atoms with Crippen molar-refractivity contribution >= 4 is 11.4 Å². The van der Waals surface area contributed by atoms with Crippen LogP contribution in [-0.2, 0) is 4.79 Å². The molecule has 3 heteroatoms. The van der Waals surface area contributed by atoms with E-state index < -0.39 is 5.60 Å². The van der Waals surface area contributed by atoms with Crippen LogP contribution in [0.25, 0.3) is 5.57 Å². The molecule has 0 bridgehead atoms. The first-order chi connectivity index (χ1) is 9.29. The summed E-state index contributed by atoms with van der Waals surface area (Å²) in [6.45, 7) is 7.86. The fraction of sp³-hybridized carbons (Fsp3) is 0.471. The van der Waals surface area contributed by atoms with Gasteiger partial charge in [-0.15, -0.1) is 0 Å². The van der Waals surface area contributed by atoms with E-state index >= 15 is 0 Å². The average Bonchev–Trinajstić information content (AvgIpc) is 2.24. The molecule has 0 radical (unpaired) electrons. The molecule has 2 aliphatic rings. The second-order valence-electron chi connectivity index (χ2n) is 6.56. The number of fused-ring (bicyclic) bond motifs is 2. The summed E-state index contributed by atoms with van der Waals surface area (Å²) in [5.41, 5.74) is 2.75. The van der Waals surface area contributed by atoms with Gasteiger partial charge >= 0.3 is 0 Å². The average molecular weight is 272 g/mol. The van der Waals surface area contributed by atoms with E-state index in [2.05, 4.69) is 6.92 Å². The second-order valence-corrected chi connectivity index (χ2v) is 6.56. The third kappa shape index (κ3) is 1.84. The topological polar surface area (TPSA) is 46.5 Å². The first-order valence-electron chi connectivity index (χ1n) is 7.09. The molecule has 1 heterocycles. The summed E-state index contributed by atoms with van der Waals surface area (Å²) >= 11 is 0. The Bertz CT molecular complexity index is 638. The van der Waals surface area contributed by atoms with Gasteiger partial charge in [-0.25, -0.2) is 0 Å². The molecule has 1 N–H and O–H groups in total. The minimum Gasteiger partial charge on any atom is -0.507 e. The molecule has 0 saturated carbocycles. The van der Waals surface area contributed by atoms with Crippen LogP contribution in [0.1, 0.15) is 44.7 Å². The number of ether oxygens (including phenoxy) is 1. The summed E-state index contributed by atoms with van der Waals surface area (Å²) in [5, 5.41) is 10.3. The van der Waals surface area contributed by atoms with Gasteiger partial charge in [0.25, 0.3) is 0 Å². The minimum absolute atomic E-state index is 0.148. The lowest BCUT2D eigenvalue weighted by Crippen LogP contribution is -2.40. The van der Waals surface area contributed by atoms with Crippen LogP contribution < -0.4 is 4.74 Å². The van der Waals surface area contributed by atoms with E-state index in [4.69, 9.17) is 4.74 Å². The van der Waals surface area contributed by atoms with Crippen LogP contribution >= 0.6 is 0 Å². The number of aromatic hydroxyl groups is 1. The molecule has 1 aliphatic heterocycles. The number of hydrogen-bond donors (Lipinski definition) is 1. The van der Waals surface area contributed by atoms with E-state index in [0.29, 0.717) is 23.7 Å². The van der Waals surface area contributed by atoms with Gasteiger partial charge in [-0.05, 0) is 56.4 Å². The third-order valence-electron chi connectivity index (χ3n) is 4.16. The molecular formula is C17H20O3. The molecule has 1 atom stereocenters. The SMILES string of the molecule is Cc1cc(O)c2c(c1)OC(C)(C)C1=C2CC(C)CC1=O. The highest BCUT2D eigenvalue weighted by molar-refractivity contribution is 6.07. The summed E-state index contributed by atoms with van der Waals surface area (Å²) in [4.78, 5) is 12.4. The lowest BCUT2D eigenvalue weighted by molar-refractivity contribution is -0.118. The van der Waals surface area contributed by atoms with Crippen LogP contribution in [0.15, 0.2) is 17.7 Å². The van der Waals surface area contributed by atoms with Gasteiger partial charge in [0.15, 0.2) is 5.78 Å². The number of rotatable bonds is 0. The van der Waals surface area contributed by atoms with Crippen LogP contribution in [0, 0.1) is 12.8 Å². The number of carbonyl (C=O) groups is 1. The zero-order chi connectivity index (χ0) is 14.7. The normalized spacial score (nSPS) is 24.0. The Kier molecular flexibility index (Phi) is 2.72. The Morgan fingerprint density at radius 1 is 1.30 bits per heavy atom. The van der Waals surface area contributed by atoms with Crippen molar-refractivity contribution < 1.29 is 14.6 Å². The highest BCUT2D eigenvalue weighted by Gasteiger charge is 2.42. The molecule has 106 valence electrons. The van der Waals surface area contributed by atoms with Crippen molar-refractivity contribution in [3.8, 4) is 11.5 Å². The molecule has 20 heavy (non-hydrogen) atoms. The largest absolute Gasteiger partial charge is 0.507 e. The van der Waals surface area contributed by atoms with Gasteiger partial charge in [0.05, 0.1) is 5.56 Å². The molecule has 1 aromatic rings. The number of allylic oxidation sites excluding steroid dienone is 1. The van der Waals surface area contributed by atoms with Gasteiger partial charge in [0.2, 0.25) is 0 Å². The van der Waals surface area contributed by atoms with Crippen LogP contribution in [0.2, 0.25) is 0 Å². The van der Waals surface area contributed by atoms with Gasteiger partial charge in [0.1, 0.15) is 17.1 Å². The number of ketones is 1. The molecular weight excluding hydrogens is 252 g/mol. The molecule has 1 aliphatic carbocycles. The van der Waals surface area contributed by atoms with Gasteiger partial charge in [0, 0.05) is 12.0 Å². The maximum absolute atomic E-state index is 12.4. The predicted molar refractivity (Wildman–Crippen MR) is 77.9 cm³/mol. The number of aryl methyl sites for hydroxylation is 1. The number of Topliss-reactive ketones (excluding diaryl/α,β-unsaturated/α-hetero) is 1. The molecule has 0 fully saturated rings. The molecule has 0 amide bonds. The van der Waals surface area contributed by atoms with Crippen LogP contribution in [0.4, 0.5) is 0 Å². The first kappa shape index (κ1) is 13.2. The summed E-state index contributed by atoms with van der Waals surface area (Å²) in [7, 11) is 0. The predicted octanol–water partition coefficient (Wildman–Crippen LogP) is 3.62. The zero-order valence-corrected chi connectivity index (χ0v) is 12.4. The van der Waals surface area contributed by atoms with Crippen molar-refractivity contribution in [2.24, 2.45) is 5.92 Å². The molecule has 0 spiro atoms. The van der Waals surface area contributed by atoms with Crippen LogP contribution in [-0.4, -0.2) is 16.5 Å². The number of carbonyl (C=O) groups excluding carboxylic acids is 1. The number of phenols is 1. The standard InChI is InChI=1S/C17H20O3/c1-9-5-11-15-12(18)6-10(2)8-14(15)20-17(3,4)16(11)13(19)7-9/h6,8-9,18H,5,7H2,1-4H3. The lowest BCUT2D eigenvalue weighted by Gasteiger charge is -2.40.